The Labute approximate surface area is 184 Å². The molecule has 4 atom stereocenters. The highest BCUT2D eigenvalue weighted by Crippen LogP contribution is 2.58. The Bertz CT molecular complexity index is 1150. The Balaban J connectivity index is 1.70. The molecule has 3 aliphatic rings. The molecular formula is C24H23FN2O5. The van der Waals surface area contributed by atoms with E-state index in [0.29, 0.717) is 5.75 Å². The molecule has 8 heteroatoms. The predicted octanol–water partition coefficient (Wildman–Crippen LogP) is 3.60. The third-order valence-electron chi connectivity index (χ3n) is 6.77. The minimum atomic E-state index is -1.49. The predicted molar refractivity (Wildman–Crippen MR) is 113 cm³/mol. The second-order valence-corrected chi connectivity index (χ2v) is 8.61. The number of halogens is 1. The van der Waals surface area contributed by atoms with Crippen LogP contribution < -0.4 is 9.64 Å². The first kappa shape index (κ1) is 20.5. The minimum absolute atomic E-state index is 0.131. The number of esters is 1. The van der Waals surface area contributed by atoms with Gasteiger partial charge in [-0.25, -0.2) is 14.1 Å². The van der Waals surface area contributed by atoms with Gasteiger partial charge in [0.05, 0.1) is 30.9 Å². The van der Waals surface area contributed by atoms with E-state index in [9.17, 15) is 18.8 Å². The molecule has 0 unspecified atom stereocenters. The van der Waals surface area contributed by atoms with Crippen LogP contribution in [-0.2, 0) is 14.3 Å². The van der Waals surface area contributed by atoms with E-state index in [1.54, 1.807) is 13.8 Å². The van der Waals surface area contributed by atoms with Gasteiger partial charge in [0.1, 0.15) is 17.1 Å². The number of hydrogen-bond donors (Lipinski definition) is 0. The Hall–Kier alpha value is -3.42. The highest BCUT2D eigenvalue weighted by Gasteiger charge is 2.72. The summed E-state index contributed by atoms with van der Waals surface area (Å²) in [6.45, 7) is 5.55. The number of rotatable bonds is 3. The number of urea groups is 1. The van der Waals surface area contributed by atoms with Crippen molar-refractivity contribution in [2.24, 2.45) is 11.8 Å². The summed E-state index contributed by atoms with van der Waals surface area (Å²) in [7, 11) is 0. The van der Waals surface area contributed by atoms with Crippen LogP contribution in [-0.4, -0.2) is 41.6 Å². The molecule has 5 rings (SSSR count). The molecule has 166 valence electrons. The molecule has 0 bridgehead atoms. The zero-order valence-electron chi connectivity index (χ0n) is 18.0. The molecule has 7 nitrogen and oxygen atoms in total. The highest BCUT2D eigenvalue weighted by molar-refractivity contribution is 6.24. The number of benzene rings is 2. The van der Waals surface area contributed by atoms with Gasteiger partial charge in [0, 0.05) is 11.5 Å². The SMILES string of the molecule is CCOC(=O)[C@@H]1[C@H]2COc3ccc(C)cc3[C@@H]2N2C(=O)N(c3cccc(F)c3)C(=O)[C@@]12C. The van der Waals surface area contributed by atoms with E-state index in [1.165, 1.54) is 23.1 Å². The number of carbonyl (C=O) groups is 3. The van der Waals surface area contributed by atoms with Crippen LogP contribution in [0.15, 0.2) is 42.5 Å². The standard InChI is InChI=1S/C24H23FN2O5/c1-4-31-21(28)19-17-12-32-18-9-8-13(2)10-16(18)20(17)27-23(30)26(22(29)24(19,27)3)15-7-5-6-14(25)11-15/h5-11,17,19-20H,4,12H2,1-3H3/t17-,19+,20+,24-/m1/s1. The maximum Gasteiger partial charge on any atom is 0.332 e. The Morgan fingerprint density at radius 1 is 1.25 bits per heavy atom. The lowest BCUT2D eigenvalue weighted by Crippen LogP contribution is -2.51. The molecule has 0 aromatic heterocycles. The summed E-state index contributed by atoms with van der Waals surface area (Å²) in [6, 6.07) is 9.86. The average molecular weight is 438 g/mol. The third-order valence-corrected chi connectivity index (χ3v) is 6.77. The highest BCUT2D eigenvalue weighted by atomic mass is 19.1. The van der Waals surface area contributed by atoms with Gasteiger partial charge in [-0.15, -0.1) is 0 Å². The summed E-state index contributed by atoms with van der Waals surface area (Å²) in [4.78, 5) is 43.0. The second-order valence-electron chi connectivity index (χ2n) is 8.61. The van der Waals surface area contributed by atoms with E-state index in [4.69, 9.17) is 9.47 Å². The number of carbonyl (C=O) groups excluding carboxylic acids is 3. The van der Waals surface area contributed by atoms with Gasteiger partial charge < -0.3 is 14.4 Å². The number of fused-ring (bicyclic) bond motifs is 5. The van der Waals surface area contributed by atoms with Crippen molar-refractivity contribution < 1.29 is 28.2 Å². The van der Waals surface area contributed by atoms with Crippen LogP contribution in [0.25, 0.3) is 0 Å². The first-order valence-electron chi connectivity index (χ1n) is 10.6. The number of anilines is 1. The Kier molecular flexibility index (Phi) is 4.51. The zero-order valence-corrected chi connectivity index (χ0v) is 18.0. The number of nitrogens with zero attached hydrogens (tertiary/aromatic N) is 2. The summed E-state index contributed by atoms with van der Waals surface area (Å²) < 4.78 is 25.2. The number of imide groups is 1. The number of hydrogen-bond acceptors (Lipinski definition) is 5. The lowest BCUT2D eigenvalue weighted by Gasteiger charge is -2.34. The van der Waals surface area contributed by atoms with Crippen molar-refractivity contribution in [1.29, 1.82) is 0 Å². The van der Waals surface area contributed by atoms with Crippen molar-refractivity contribution in [2.45, 2.75) is 32.4 Å². The number of ether oxygens (including phenoxy) is 2. The summed E-state index contributed by atoms with van der Waals surface area (Å²) in [5, 5.41) is 0. The largest absolute Gasteiger partial charge is 0.493 e. The first-order chi connectivity index (χ1) is 15.3. The summed E-state index contributed by atoms with van der Waals surface area (Å²) >= 11 is 0. The molecule has 2 aromatic carbocycles. The van der Waals surface area contributed by atoms with Gasteiger partial charge in [-0.2, -0.15) is 0 Å². The molecule has 2 fully saturated rings. The molecule has 0 radical (unpaired) electrons. The molecule has 32 heavy (non-hydrogen) atoms. The van der Waals surface area contributed by atoms with Crippen LogP contribution in [0.2, 0.25) is 0 Å². The van der Waals surface area contributed by atoms with E-state index >= 15 is 0 Å². The van der Waals surface area contributed by atoms with Crippen molar-refractivity contribution in [2.75, 3.05) is 18.1 Å². The maximum absolute atomic E-state index is 13.9. The van der Waals surface area contributed by atoms with Gasteiger partial charge in [0.25, 0.3) is 5.91 Å². The summed E-state index contributed by atoms with van der Waals surface area (Å²) in [5.41, 5.74) is 0.363. The van der Waals surface area contributed by atoms with Crippen molar-refractivity contribution >= 4 is 23.6 Å². The van der Waals surface area contributed by atoms with Gasteiger partial charge in [-0.05, 0) is 45.0 Å². The van der Waals surface area contributed by atoms with Gasteiger partial charge in [0.15, 0.2) is 0 Å². The van der Waals surface area contributed by atoms with E-state index in [0.717, 1.165) is 22.1 Å². The van der Waals surface area contributed by atoms with E-state index in [-0.39, 0.29) is 18.9 Å². The smallest absolute Gasteiger partial charge is 0.332 e. The Morgan fingerprint density at radius 3 is 2.75 bits per heavy atom. The van der Waals surface area contributed by atoms with Crippen molar-refractivity contribution in [3.63, 3.8) is 0 Å². The van der Waals surface area contributed by atoms with Crippen LogP contribution >= 0.6 is 0 Å². The fourth-order valence-electron chi connectivity index (χ4n) is 5.46. The van der Waals surface area contributed by atoms with Crippen LogP contribution in [0.3, 0.4) is 0 Å². The lowest BCUT2D eigenvalue weighted by atomic mass is 9.77. The molecule has 3 amide bonds. The number of amides is 3. The van der Waals surface area contributed by atoms with Crippen LogP contribution in [0, 0.1) is 24.6 Å². The van der Waals surface area contributed by atoms with Gasteiger partial charge in [-0.1, -0.05) is 23.8 Å². The third kappa shape index (κ3) is 2.61. The quantitative estimate of drug-likeness (QED) is 0.541. The average Bonchev–Trinajstić information content (AvgIpc) is 3.13. The molecule has 3 aliphatic heterocycles. The second kappa shape index (κ2) is 7.05. The summed E-state index contributed by atoms with van der Waals surface area (Å²) in [6.07, 6.45) is 0. The molecule has 0 saturated carbocycles. The lowest BCUT2D eigenvalue weighted by molar-refractivity contribution is -0.154. The fraction of sp³-hybridized carbons (Fsp3) is 0.375. The Morgan fingerprint density at radius 2 is 2.03 bits per heavy atom. The number of aryl methyl sites for hydroxylation is 1. The molecule has 0 spiro atoms. The minimum Gasteiger partial charge on any atom is -0.493 e. The fourth-order valence-corrected chi connectivity index (χ4v) is 5.46. The molecule has 0 N–H and O–H groups in total. The molecule has 2 saturated heterocycles. The molecule has 0 aliphatic carbocycles. The van der Waals surface area contributed by atoms with E-state index in [2.05, 4.69) is 0 Å². The summed E-state index contributed by atoms with van der Waals surface area (Å²) in [5.74, 6) is -2.43. The van der Waals surface area contributed by atoms with Crippen molar-refractivity contribution in [3.8, 4) is 5.75 Å². The van der Waals surface area contributed by atoms with Gasteiger partial charge in [0.2, 0.25) is 0 Å². The van der Waals surface area contributed by atoms with E-state index in [1.807, 2.05) is 25.1 Å². The normalized spacial score (nSPS) is 28.2. The molecular weight excluding hydrogens is 415 g/mol. The zero-order chi connectivity index (χ0) is 22.8. The molecule has 2 aromatic rings. The first-order valence-corrected chi connectivity index (χ1v) is 10.6. The van der Waals surface area contributed by atoms with Crippen LogP contribution in [0.5, 0.6) is 5.75 Å². The van der Waals surface area contributed by atoms with Crippen molar-refractivity contribution in [1.82, 2.24) is 4.90 Å². The molecule has 3 heterocycles. The van der Waals surface area contributed by atoms with Gasteiger partial charge >= 0.3 is 12.0 Å². The topological polar surface area (TPSA) is 76.2 Å². The van der Waals surface area contributed by atoms with Crippen LogP contribution in [0.4, 0.5) is 14.9 Å². The van der Waals surface area contributed by atoms with E-state index < -0.39 is 47.1 Å². The maximum atomic E-state index is 13.9. The monoisotopic (exact) mass is 438 g/mol. The van der Waals surface area contributed by atoms with Crippen LogP contribution in [0.1, 0.15) is 31.0 Å². The van der Waals surface area contributed by atoms with Crippen molar-refractivity contribution in [3.05, 3.63) is 59.4 Å². The van der Waals surface area contributed by atoms with Gasteiger partial charge in [-0.3, -0.25) is 9.59 Å².